The molecule has 0 fully saturated rings. The van der Waals surface area contributed by atoms with E-state index in [1.54, 1.807) is 25.3 Å². The van der Waals surface area contributed by atoms with Crippen LogP contribution in [0, 0.1) is 6.92 Å². The lowest BCUT2D eigenvalue weighted by atomic mass is 10.1. The molecule has 2 N–H and O–H groups in total. The van der Waals surface area contributed by atoms with Crippen molar-refractivity contribution in [3.8, 4) is 0 Å². The number of hydrogen-bond donors (Lipinski definition) is 2. The Morgan fingerprint density at radius 2 is 2.11 bits per heavy atom. The van der Waals surface area contributed by atoms with Crippen molar-refractivity contribution in [3.63, 3.8) is 0 Å². The van der Waals surface area contributed by atoms with Crippen LogP contribution in [0.4, 0.5) is 5.69 Å². The first-order chi connectivity index (χ1) is 13.0. The van der Waals surface area contributed by atoms with Crippen LogP contribution in [0.5, 0.6) is 0 Å². The quantitative estimate of drug-likeness (QED) is 0.518. The number of nitrogens with one attached hydrogen (secondary N) is 1. The maximum Gasteiger partial charge on any atom is 0.286 e. The number of hydrogen-bond acceptors (Lipinski definition) is 6. The Labute approximate surface area is 156 Å². The summed E-state index contributed by atoms with van der Waals surface area (Å²) in [6.45, 7) is 9.69. The van der Waals surface area contributed by atoms with Gasteiger partial charge in [0.25, 0.3) is 5.56 Å². The van der Waals surface area contributed by atoms with E-state index in [1.165, 1.54) is 12.4 Å². The molecular weight excluding hydrogens is 342 g/mol. The second kappa shape index (κ2) is 7.65. The highest BCUT2D eigenvalue weighted by atomic mass is 16.5. The topological polar surface area (TPSA) is 92.9 Å². The Kier molecular flexibility index (Phi) is 5.12. The maximum absolute atomic E-state index is 12.0. The molecule has 0 aliphatic rings. The highest BCUT2D eigenvalue weighted by Gasteiger charge is 2.12. The van der Waals surface area contributed by atoms with Gasteiger partial charge >= 0.3 is 0 Å². The zero-order chi connectivity index (χ0) is 19.4. The second-order valence-electron chi connectivity index (χ2n) is 5.83. The molecule has 7 heteroatoms. The number of pyridine rings is 2. The fourth-order valence-electron chi connectivity index (χ4n) is 2.72. The van der Waals surface area contributed by atoms with Gasteiger partial charge in [-0.2, -0.15) is 0 Å². The summed E-state index contributed by atoms with van der Waals surface area (Å²) in [6.07, 6.45) is 8.31. The summed E-state index contributed by atoms with van der Waals surface area (Å²) >= 11 is 0. The molecule has 27 heavy (non-hydrogen) atoms. The molecule has 0 bridgehead atoms. The van der Waals surface area contributed by atoms with Gasteiger partial charge in [-0.1, -0.05) is 37.5 Å². The lowest BCUT2D eigenvalue weighted by molar-refractivity contribution is 0.186. The minimum atomic E-state index is -0.568. The first-order valence-electron chi connectivity index (χ1n) is 8.26. The van der Waals surface area contributed by atoms with Crippen molar-refractivity contribution in [1.82, 2.24) is 19.7 Å². The summed E-state index contributed by atoms with van der Waals surface area (Å²) in [5, 5.41) is 13.7. The number of rotatable bonds is 6. The summed E-state index contributed by atoms with van der Waals surface area (Å²) in [5.74, 6) is 0. The molecule has 0 radical (unpaired) electrons. The van der Waals surface area contributed by atoms with Crippen LogP contribution >= 0.6 is 0 Å². The van der Waals surface area contributed by atoms with E-state index in [1.807, 2.05) is 18.2 Å². The van der Waals surface area contributed by atoms with Crippen molar-refractivity contribution in [2.24, 2.45) is 0 Å². The molecule has 3 heterocycles. The monoisotopic (exact) mass is 361 g/mol. The molecular formula is C20H19N5O2. The van der Waals surface area contributed by atoms with E-state index >= 15 is 0 Å². The third-order valence-corrected chi connectivity index (χ3v) is 4.08. The van der Waals surface area contributed by atoms with Crippen LogP contribution in [0.15, 0.2) is 66.9 Å². The van der Waals surface area contributed by atoms with Crippen LogP contribution in [-0.2, 0) is 6.54 Å². The summed E-state index contributed by atoms with van der Waals surface area (Å²) < 4.78 is 0.522. The van der Waals surface area contributed by atoms with Crippen molar-refractivity contribution in [1.29, 1.82) is 0 Å². The normalized spacial score (nSPS) is 11.4. The Morgan fingerprint density at radius 1 is 1.30 bits per heavy atom. The second-order valence-corrected chi connectivity index (χ2v) is 5.83. The molecule has 0 aromatic carbocycles. The number of nitrogens with zero attached hydrogens (tertiary/aromatic N) is 4. The number of aryl methyl sites for hydroxylation is 1. The summed E-state index contributed by atoms with van der Waals surface area (Å²) in [5.41, 5.74) is 3.42. The van der Waals surface area contributed by atoms with Crippen LogP contribution in [0.2, 0.25) is 0 Å². The molecule has 3 aromatic heterocycles. The molecule has 0 unspecified atom stereocenters. The Bertz CT molecular complexity index is 1100. The Morgan fingerprint density at radius 3 is 2.78 bits per heavy atom. The number of anilines is 1. The smallest absolute Gasteiger partial charge is 0.286 e. The SMILES string of the molecule is C=C/C=C(\C=C)c1ccc(CNc2cc(=O)n(O)c3ncnc(C)c23)cn1. The van der Waals surface area contributed by atoms with E-state index in [0.717, 1.165) is 16.8 Å². The molecule has 0 atom stereocenters. The van der Waals surface area contributed by atoms with Crippen LogP contribution in [0.25, 0.3) is 16.6 Å². The third-order valence-electron chi connectivity index (χ3n) is 4.08. The van der Waals surface area contributed by atoms with Gasteiger partial charge in [-0.05, 0) is 24.1 Å². The average Bonchev–Trinajstić information content (AvgIpc) is 2.68. The molecule has 0 spiro atoms. The number of aromatic nitrogens is 4. The van der Waals surface area contributed by atoms with E-state index in [2.05, 4.69) is 33.4 Å². The van der Waals surface area contributed by atoms with E-state index in [4.69, 9.17) is 0 Å². The largest absolute Gasteiger partial charge is 0.423 e. The van der Waals surface area contributed by atoms with E-state index < -0.39 is 5.56 Å². The highest BCUT2D eigenvalue weighted by Crippen LogP contribution is 2.22. The molecule has 7 nitrogen and oxygen atoms in total. The molecule has 0 amide bonds. The predicted octanol–water partition coefficient (Wildman–Crippen LogP) is 3.10. The first kappa shape index (κ1) is 18.1. The van der Waals surface area contributed by atoms with Gasteiger partial charge in [0.1, 0.15) is 6.33 Å². The van der Waals surface area contributed by atoms with Crippen LogP contribution in [0.3, 0.4) is 0 Å². The molecule has 3 aromatic rings. The summed E-state index contributed by atoms with van der Waals surface area (Å²) in [7, 11) is 0. The van der Waals surface area contributed by atoms with Gasteiger partial charge in [-0.25, -0.2) is 9.97 Å². The zero-order valence-corrected chi connectivity index (χ0v) is 14.9. The lowest BCUT2D eigenvalue weighted by Crippen LogP contribution is -2.20. The van der Waals surface area contributed by atoms with Crippen molar-refractivity contribution < 1.29 is 5.21 Å². The standard InChI is InChI=1S/C20H19N5O2/c1-4-6-15(5-2)16-8-7-14(10-21-16)11-22-17-9-18(26)25(27)20-19(17)13(3)23-12-24-20/h4-10,12,22,27H,1-2,11H2,3H3/b15-6+. The van der Waals surface area contributed by atoms with Crippen LogP contribution < -0.4 is 10.9 Å². The van der Waals surface area contributed by atoms with Gasteiger partial charge < -0.3 is 10.5 Å². The van der Waals surface area contributed by atoms with Crippen molar-refractivity contribution in [2.45, 2.75) is 13.5 Å². The van der Waals surface area contributed by atoms with Gasteiger partial charge in [-0.15, -0.1) is 4.73 Å². The summed E-state index contributed by atoms with van der Waals surface area (Å²) in [6, 6.07) is 5.16. The molecule has 0 aliphatic carbocycles. The van der Waals surface area contributed by atoms with Gasteiger partial charge in [0, 0.05) is 18.8 Å². The number of allylic oxidation sites excluding steroid dienone is 4. The van der Waals surface area contributed by atoms with Gasteiger partial charge in [-0.3, -0.25) is 9.78 Å². The Balaban J connectivity index is 1.88. The van der Waals surface area contributed by atoms with E-state index in [-0.39, 0.29) is 5.65 Å². The molecule has 0 saturated heterocycles. The molecule has 0 aliphatic heterocycles. The van der Waals surface area contributed by atoms with Crippen molar-refractivity contribution >= 4 is 22.3 Å². The van der Waals surface area contributed by atoms with Gasteiger partial charge in [0.2, 0.25) is 0 Å². The number of fused-ring (bicyclic) bond motifs is 1. The summed E-state index contributed by atoms with van der Waals surface area (Å²) in [4.78, 5) is 24.5. The van der Waals surface area contributed by atoms with Gasteiger partial charge in [0.05, 0.1) is 22.5 Å². The lowest BCUT2D eigenvalue weighted by Gasteiger charge is -2.12. The van der Waals surface area contributed by atoms with Crippen molar-refractivity contribution in [2.75, 3.05) is 5.32 Å². The average molecular weight is 361 g/mol. The Hall–Kier alpha value is -3.74. The first-order valence-corrected chi connectivity index (χ1v) is 8.26. The fraction of sp³-hybridized carbons (Fsp3) is 0.100. The highest BCUT2D eigenvalue weighted by molar-refractivity contribution is 5.90. The maximum atomic E-state index is 12.0. The minimum Gasteiger partial charge on any atom is -0.423 e. The zero-order valence-electron chi connectivity index (χ0n) is 14.9. The molecule has 136 valence electrons. The molecule has 3 rings (SSSR count). The van der Waals surface area contributed by atoms with E-state index in [9.17, 15) is 10.0 Å². The minimum absolute atomic E-state index is 0.163. The van der Waals surface area contributed by atoms with Crippen LogP contribution in [0.1, 0.15) is 17.0 Å². The van der Waals surface area contributed by atoms with Crippen LogP contribution in [-0.4, -0.2) is 24.9 Å². The van der Waals surface area contributed by atoms with Crippen molar-refractivity contribution in [3.05, 3.63) is 89.4 Å². The van der Waals surface area contributed by atoms with Gasteiger partial charge in [0.15, 0.2) is 5.65 Å². The molecule has 0 saturated carbocycles. The fourth-order valence-corrected chi connectivity index (χ4v) is 2.72. The van der Waals surface area contributed by atoms with E-state index in [0.29, 0.717) is 28.0 Å². The predicted molar refractivity (Wildman–Crippen MR) is 106 cm³/mol. The third kappa shape index (κ3) is 3.62.